The third-order valence-electron chi connectivity index (χ3n) is 3.06. The van der Waals surface area contributed by atoms with Crippen molar-refractivity contribution >= 4 is 17.7 Å². The molecule has 2 N–H and O–H groups in total. The van der Waals surface area contributed by atoms with Gasteiger partial charge in [0.15, 0.2) is 0 Å². The molecule has 17 heavy (non-hydrogen) atoms. The lowest BCUT2D eigenvalue weighted by atomic mass is 10.1. The van der Waals surface area contributed by atoms with Gasteiger partial charge in [-0.05, 0) is 30.5 Å². The van der Waals surface area contributed by atoms with Crippen LogP contribution in [0, 0.1) is 5.82 Å². The van der Waals surface area contributed by atoms with E-state index in [1.54, 1.807) is 23.9 Å². The molecule has 1 aromatic rings. The highest BCUT2D eigenvalue weighted by Gasteiger charge is 2.25. The SMILES string of the molecule is NC(=O)[C@@H](SC1CCCC1)c1ccc(F)cc1. The van der Waals surface area contributed by atoms with Crippen molar-refractivity contribution in [1.82, 2.24) is 0 Å². The molecule has 1 saturated carbocycles. The second-order valence-electron chi connectivity index (χ2n) is 4.38. The zero-order valence-electron chi connectivity index (χ0n) is 9.56. The number of thioether (sulfide) groups is 1. The molecule has 1 atom stereocenters. The molecule has 2 nitrogen and oxygen atoms in total. The van der Waals surface area contributed by atoms with Crippen molar-refractivity contribution in [3.63, 3.8) is 0 Å². The van der Waals surface area contributed by atoms with Gasteiger partial charge in [0.1, 0.15) is 11.1 Å². The fraction of sp³-hybridized carbons (Fsp3) is 0.462. The fourth-order valence-corrected chi connectivity index (χ4v) is 3.60. The largest absolute Gasteiger partial charge is 0.368 e. The van der Waals surface area contributed by atoms with Gasteiger partial charge in [-0.1, -0.05) is 25.0 Å². The van der Waals surface area contributed by atoms with E-state index in [0.29, 0.717) is 5.25 Å². The normalized spacial score (nSPS) is 18.2. The topological polar surface area (TPSA) is 43.1 Å². The van der Waals surface area contributed by atoms with Gasteiger partial charge in [-0.2, -0.15) is 0 Å². The maximum atomic E-state index is 12.8. The van der Waals surface area contributed by atoms with Gasteiger partial charge >= 0.3 is 0 Å². The first-order chi connectivity index (χ1) is 8.16. The summed E-state index contributed by atoms with van der Waals surface area (Å²) in [6.07, 6.45) is 4.75. The van der Waals surface area contributed by atoms with E-state index in [4.69, 9.17) is 5.73 Å². The minimum Gasteiger partial charge on any atom is -0.368 e. The Morgan fingerprint density at radius 2 is 1.88 bits per heavy atom. The number of amides is 1. The van der Waals surface area contributed by atoms with Gasteiger partial charge in [0, 0.05) is 5.25 Å². The van der Waals surface area contributed by atoms with Crippen LogP contribution in [0.1, 0.15) is 36.5 Å². The van der Waals surface area contributed by atoms with E-state index in [1.807, 2.05) is 0 Å². The minimum atomic E-state index is -0.348. The lowest BCUT2D eigenvalue weighted by molar-refractivity contribution is -0.117. The Bertz CT molecular complexity index is 387. The van der Waals surface area contributed by atoms with E-state index in [0.717, 1.165) is 18.4 Å². The Morgan fingerprint density at radius 3 is 2.41 bits per heavy atom. The second-order valence-corrected chi connectivity index (χ2v) is 5.79. The van der Waals surface area contributed by atoms with Crippen LogP contribution in [-0.4, -0.2) is 11.2 Å². The van der Waals surface area contributed by atoms with Gasteiger partial charge < -0.3 is 5.73 Å². The molecule has 0 spiro atoms. The van der Waals surface area contributed by atoms with Crippen LogP contribution < -0.4 is 5.73 Å². The monoisotopic (exact) mass is 253 g/mol. The lowest BCUT2D eigenvalue weighted by Gasteiger charge is -2.17. The Labute approximate surface area is 105 Å². The average Bonchev–Trinajstić information content (AvgIpc) is 2.80. The summed E-state index contributed by atoms with van der Waals surface area (Å²) in [5.74, 6) is -0.628. The van der Waals surface area contributed by atoms with Crippen molar-refractivity contribution in [3.8, 4) is 0 Å². The molecule has 0 aliphatic heterocycles. The number of carbonyl (C=O) groups excluding carboxylic acids is 1. The molecule has 92 valence electrons. The zero-order chi connectivity index (χ0) is 12.3. The molecule has 0 bridgehead atoms. The number of rotatable bonds is 4. The van der Waals surface area contributed by atoms with Crippen molar-refractivity contribution in [2.45, 2.75) is 36.2 Å². The lowest BCUT2D eigenvalue weighted by Crippen LogP contribution is -2.20. The average molecular weight is 253 g/mol. The van der Waals surface area contributed by atoms with E-state index >= 15 is 0 Å². The number of carbonyl (C=O) groups is 1. The van der Waals surface area contributed by atoms with E-state index in [2.05, 4.69) is 0 Å². The van der Waals surface area contributed by atoms with Crippen molar-refractivity contribution in [2.75, 3.05) is 0 Å². The summed E-state index contributed by atoms with van der Waals surface area (Å²) in [5, 5.41) is 0.163. The first kappa shape index (κ1) is 12.4. The first-order valence-corrected chi connectivity index (χ1v) is 6.81. The molecule has 4 heteroatoms. The van der Waals surface area contributed by atoms with Crippen LogP contribution in [0.5, 0.6) is 0 Å². The van der Waals surface area contributed by atoms with Crippen LogP contribution in [0.4, 0.5) is 4.39 Å². The number of hydrogen-bond acceptors (Lipinski definition) is 2. The predicted molar refractivity (Wildman–Crippen MR) is 68.2 cm³/mol. The van der Waals surface area contributed by atoms with Crippen molar-refractivity contribution in [3.05, 3.63) is 35.6 Å². The summed E-state index contributed by atoms with van der Waals surface area (Å²) in [5.41, 5.74) is 6.23. The molecule has 0 radical (unpaired) electrons. The van der Waals surface area contributed by atoms with Gasteiger partial charge in [0.2, 0.25) is 5.91 Å². The van der Waals surface area contributed by atoms with Gasteiger partial charge in [-0.15, -0.1) is 11.8 Å². The maximum absolute atomic E-state index is 12.8. The van der Waals surface area contributed by atoms with Crippen molar-refractivity contribution in [2.24, 2.45) is 5.73 Å². The molecule has 2 rings (SSSR count). The summed E-state index contributed by atoms with van der Waals surface area (Å²) in [6.45, 7) is 0. The summed E-state index contributed by atoms with van der Waals surface area (Å²) in [7, 11) is 0. The van der Waals surface area contributed by atoms with E-state index in [-0.39, 0.29) is 17.0 Å². The Hall–Kier alpha value is -1.03. The number of halogens is 1. The van der Waals surface area contributed by atoms with Crippen LogP contribution in [0.2, 0.25) is 0 Å². The van der Waals surface area contributed by atoms with Gasteiger partial charge in [0.05, 0.1) is 0 Å². The molecular formula is C13H16FNOS. The fourth-order valence-electron chi connectivity index (χ4n) is 2.16. The van der Waals surface area contributed by atoms with Crippen LogP contribution in [0.3, 0.4) is 0 Å². The molecule has 1 fully saturated rings. The van der Waals surface area contributed by atoms with Crippen LogP contribution in [-0.2, 0) is 4.79 Å². The van der Waals surface area contributed by atoms with Crippen LogP contribution in [0.25, 0.3) is 0 Å². The van der Waals surface area contributed by atoms with Crippen LogP contribution in [0.15, 0.2) is 24.3 Å². The Morgan fingerprint density at radius 1 is 1.29 bits per heavy atom. The zero-order valence-corrected chi connectivity index (χ0v) is 10.4. The molecule has 1 aromatic carbocycles. The molecular weight excluding hydrogens is 237 g/mol. The molecule has 0 aromatic heterocycles. The Balaban J connectivity index is 2.10. The van der Waals surface area contributed by atoms with E-state index in [1.165, 1.54) is 25.0 Å². The molecule has 1 amide bonds. The number of nitrogens with two attached hydrogens (primary N) is 1. The molecule has 1 aliphatic rings. The van der Waals surface area contributed by atoms with Gasteiger partial charge in [-0.25, -0.2) is 4.39 Å². The highest BCUT2D eigenvalue weighted by molar-refractivity contribution is 8.00. The Kier molecular flexibility index (Phi) is 4.05. The molecule has 0 saturated heterocycles. The van der Waals surface area contributed by atoms with Crippen LogP contribution >= 0.6 is 11.8 Å². The van der Waals surface area contributed by atoms with Crippen molar-refractivity contribution < 1.29 is 9.18 Å². The highest BCUT2D eigenvalue weighted by atomic mass is 32.2. The standard InChI is InChI=1S/C13H16FNOS/c14-10-7-5-9(6-8-10)12(13(15)16)17-11-3-1-2-4-11/h5-8,11-12H,1-4H2,(H2,15,16)/t12-/m0/s1. The summed E-state index contributed by atoms with van der Waals surface area (Å²) in [6, 6.07) is 6.04. The summed E-state index contributed by atoms with van der Waals surface area (Å²) >= 11 is 1.62. The molecule has 0 heterocycles. The van der Waals surface area contributed by atoms with E-state index in [9.17, 15) is 9.18 Å². The third-order valence-corrected chi connectivity index (χ3v) is 4.69. The maximum Gasteiger partial charge on any atom is 0.235 e. The van der Waals surface area contributed by atoms with Gasteiger partial charge in [0.25, 0.3) is 0 Å². The highest BCUT2D eigenvalue weighted by Crippen LogP contribution is 2.39. The quantitative estimate of drug-likeness (QED) is 0.896. The summed E-state index contributed by atoms with van der Waals surface area (Å²) in [4.78, 5) is 11.5. The third kappa shape index (κ3) is 3.22. The predicted octanol–water partition coefficient (Wildman–Crippen LogP) is 3.03. The van der Waals surface area contributed by atoms with E-state index < -0.39 is 0 Å². The van der Waals surface area contributed by atoms with Gasteiger partial charge in [-0.3, -0.25) is 4.79 Å². The van der Waals surface area contributed by atoms with Crippen molar-refractivity contribution in [1.29, 1.82) is 0 Å². The number of hydrogen-bond donors (Lipinski definition) is 1. The number of benzene rings is 1. The second kappa shape index (κ2) is 5.54. The number of primary amides is 1. The minimum absolute atomic E-state index is 0.289. The summed E-state index contributed by atoms with van der Waals surface area (Å²) < 4.78 is 12.8. The molecule has 0 unspecified atom stereocenters. The molecule has 1 aliphatic carbocycles. The first-order valence-electron chi connectivity index (χ1n) is 5.87. The smallest absolute Gasteiger partial charge is 0.235 e.